The van der Waals surface area contributed by atoms with Gasteiger partial charge in [0.15, 0.2) is 0 Å². The van der Waals surface area contributed by atoms with E-state index >= 15 is 0 Å². The molecule has 10 heteroatoms. The number of aliphatic hydroxyl groups is 2. The van der Waals surface area contributed by atoms with Crippen LogP contribution in [0.5, 0.6) is 0 Å². The fourth-order valence-corrected chi connectivity index (χ4v) is 5.13. The molecule has 4 rings (SSSR count). The SMILES string of the molecule is Cc1cc(Nc2cc(C(F)F)ccn2)nc(-c2ccc([C@](C)(O)[C@H]3CC[C@H](C(=O)OCCC(C)(C)O)CC3)nc2)c1. The molecule has 1 aliphatic carbocycles. The first-order valence-electron chi connectivity index (χ1n) is 13.9. The molecule has 1 saturated carbocycles. The number of carbonyl (C=O) groups is 1. The van der Waals surface area contributed by atoms with Crippen molar-refractivity contribution in [2.75, 3.05) is 11.9 Å². The van der Waals surface area contributed by atoms with Gasteiger partial charge in [-0.3, -0.25) is 9.78 Å². The lowest BCUT2D eigenvalue weighted by atomic mass is 9.73. The molecule has 0 aliphatic heterocycles. The summed E-state index contributed by atoms with van der Waals surface area (Å²) in [5.74, 6) is 0.221. The highest BCUT2D eigenvalue weighted by Crippen LogP contribution is 2.41. The first kappa shape index (κ1) is 30.5. The second-order valence-corrected chi connectivity index (χ2v) is 11.7. The zero-order chi connectivity index (χ0) is 29.8. The van der Waals surface area contributed by atoms with Crippen LogP contribution >= 0.6 is 0 Å². The molecular formula is C31H38F2N4O4. The van der Waals surface area contributed by atoms with Gasteiger partial charge in [0.1, 0.15) is 17.2 Å². The van der Waals surface area contributed by atoms with Crippen LogP contribution in [0.15, 0.2) is 48.8 Å². The van der Waals surface area contributed by atoms with E-state index in [0.29, 0.717) is 49.3 Å². The number of esters is 1. The van der Waals surface area contributed by atoms with Gasteiger partial charge in [-0.1, -0.05) is 0 Å². The molecule has 0 saturated heterocycles. The summed E-state index contributed by atoms with van der Waals surface area (Å²) in [4.78, 5) is 25.7. The van der Waals surface area contributed by atoms with Crippen LogP contribution in [-0.4, -0.2) is 43.3 Å². The highest BCUT2D eigenvalue weighted by atomic mass is 19.3. The number of aryl methyl sites for hydroxylation is 1. The molecule has 220 valence electrons. The Labute approximate surface area is 239 Å². The molecule has 1 aliphatic rings. The molecule has 0 radical (unpaired) electrons. The van der Waals surface area contributed by atoms with Gasteiger partial charge in [-0.15, -0.1) is 0 Å². The molecule has 1 atom stereocenters. The van der Waals surface area contributed by atoms with Gasteiger partial charge in [-0.05, 0) is 101 Å². The number of hydrogen-bond acceptors (Lipinski definition) is 8. The summed E-state index contributed by atoms with van der Waals surface area (Å²) in [6.07, 6.45) is 3.35. The van der Waals surface area contributed by atoms with E-state index in [0.717, 1.165) is 11.1 Å². The minimum absolute atomic E-state index is 0.0642. The smallest absolute Gasteiger partial charge is 0.308 e. The number of ether oxygens (including phenoxy) is 1. The predicted octanol–water partition coefficient (Wildman–Crippen LogP) is 6.25. The molecule has 1 fully saturated rings. The van der Waals surface area contributed by atoms with Crippen LogP contribution in [0.3, 0.4) is 0 Å². The zero-order valence-electron chi connectivity index (χ0n) is 23.9. The second kappa shape index (κ2) is 12.6. The molecule has 0 amide bonds. The third-order valence-corrected chi connectivity index (χ3v) is 7.65. The maximum absolute atomic E-state index is 13.1. The molecule has 0 unspecified atom stereocenters. The monoisotopic (exact) mass is 568 g/mol. The zero-order valence-corrected chi connectivity index (χ0v) is 23.9. The van der Waals surface area contributed by atoms with Gasteiger partial charge in [-0.2, -0.15) is 0 Å². The number of rotatable bonds is 10. The minimum atomic E-state index is -2.59. The largest absolute Gasteiger partial charge is 0.465 e. The first-order valence-corrected chi connectivity index (χ1v) is 13.9. The van der Waals surface area contributed by atoms with E-state index in [2.05, 4.69) is 20.3 Å². The molecule has 8 nitrogen and oxygen atoms in total. The van der Waals surface area contributed by atoms with E-state index < -0.39 is 17.6 Å². The van der Waals surface area contributed by atoms with Gasteiger partial charge < -0.3 is 20.3 Å². The van der Waals surface area contributed by atoms with Crippen molar-refractivity contribution in [2.24, 2.45) is 11.8 Å². The van der Waals surface area contributed by atoms with Crippen molar-refractivity contribution in [3.05, 3.63) is 65.6 Å². The third kappa shape index (κ3) is 8.04. The van der Waals surface area contributed by atoms with Crippen LogP contribution in [-0.2, 0) is 15.1 Å². The van der Waals surface area contributed by atoms with E-state index in [9.17, 15) is 23.8 Å². The van der Waals surface area contributed by atoms with E-state index in [-0.39, 0.29) is 35.8 Å². The molecule has 3 aromatic rings. The van der Waals surface area contributed by atoms with Gasteiger partial charge in [0.25, 0.3) is 6.43 Å². The van der Waals surface area contributed by atoms with E-state index in [1.54, 1.807) is 39.1 Å². The number of pyridine rings is 3. The fraction of sp³-hybridized carbons (Fsp3) is 0.484. The number of halogens is 2. The van der Waals surface area contributed by atoms with Crippen molar-refractivity contribution >= 4 is 17.6 Å². The van der Waals surface area contributed by atoms with Crippen LogP contribution in [0.1, 0.15) is 76.1 Å². The number of anilines is 2. The Kier molecular flexibility index (Phi) is 9.34. The molecule has 0 spiro atoms. The Morgan fingerprint density at radius 3 is 2.41 bits per heavy atom. The summed E-state index contributed by atoms with van der Waals surface area (Å²) in [5.41, 5.74) is 0.643. The number of hydrogen-bond donors (Lipinski definition) is 3. The quantitative estimate of drug-likeness (QED) is 0.246. The number of nitrogens with one attached hydrogen (secondary N) is 1. The lowest BCUT2D eigenvalue weighted by Gasteiger charge is -2.37. The fourth-order valence-electron chi connectivity index (χ4n) is 5.13. The van der Waals surface area contributed by atoms with Crippen molar-refractivity contribution in [2.45, 2.75) is 77.4 Å². The Balaban J connectivity index is 1.40. The van der Waals surface area contributed by atoms with E-state index in [1.807, 2.05) is 19.1 Å². The van der Waals surface area contributed by atoms with Crippen LogP contribution in [0.4, 0.5) is 20.4 Å². The van der Waals surface area contributed by atoms with Crippen LogP contribution in [0, 0.1) is 18.8 Å². The van der Waals surface area contributed by atoms with Crippen molar-refractivity contribution in [1.82, 2.24) is 15.0 Å². The minimum Gasteiger partial charge on any atom is -0.465 e. The number of alkyl halides is 2. The molecule has 0 bridgehead atoms. The second-order valence-electron chi connectivity index (χ2n) is 11.7. The van der Waals surface area contributed by atoms with Crippen molar-refractivity contribution in [3.63, 3.8) is 0 Å². The Morgan fingerprint density at radius 2 is 1.78 bits per heavy atom. The normalized spacial score (nSPS) is 19.0. The van der Waals surface area contributed by atoms with Crippen molar-refractivity contribution < 1.29 is 28.5 Å². The average Bonchev–Trinajstić information content (AvgIpc) is 2.92. The van der Waals surface area contributed by atoms with Gasteiger partial charge >= 0.3 is 5.97 Å². The summed E-state index contributed by atoms with van der Waals surface area (Å²) < 4.78 is 31.5. The summed E-state index contributed by atoms with van der Waals surface area (Å²) in [7, 11) is 0. The Morgan fingerprint density at radius 1 is 1.05 bits per heavy atom. The van der Waals surface area contributed by atoms with Crippen LogP contribution in [0.2, 0.25) is 0 Å². The first-order chi connectivity index (χ1) is 19.3. The highest BCUT2D eigenvalue weighted by molar-refractivity contribution is 5.72. The number of aromatic nitrogens is 3. The van der Waals surface area contributed by atoms with Crippen LogP contribution < -0.4 is 5.32 Å². The van der Waals surface area contributed by atoms with Crippen LogP contribution in [0.25, 0.3) is 11.3 Å². The highest BCUT2D eigenvalue weighted by Gasteiger charge is 2.39. The molecular weight excluding hydrogens is 530 g/mol. The Hall–Kier alpha value is -3.50. The maximum atomic E-state index is 13.1. The number of carbonyl (C=O) groups excluding carboxylic acids is 1. The van der Waals surface area contributed by atoms with E-state index in [1.165, 1.54) is 18.3 Å². The summed E-state index contributed by atoms with van der Waals surface area (Å²) in [6.45, 7) is 7.21. The standard InChI is InChI=1S/C31H38F2N4O4/c1-19-15-24(36-27(16-19)37-26-17-21(28(32)33)11-13-34-26)22-7-10-25(35-18-22)31(4,40)23-8-5-20(6-9-23)29(38)41-14-12-30(2,3)39/h7,10-11,13,15-18,20,23,28,39-40H,5-6,8-9,12,14H2,1-4H3,(H,34,36,37)/t20-,23-,31-/m1/s1. The van der Waals surface area contributed by atoms with E-state index in [4.69, 9.17) is 4.74 Å². The molecule has 3 aromatic heterocycles. The van der Waals surface area contributed by atoms with Gasteiger partial charge in [0, 0.05) is 29.9 Å². The average molecular weight is 569 g/mol. The molecule has 0 aromatic carbocycles. The molecule has 41 heavy (non-hydrogen) atoms. The molecule has 3 heterocycles. The predicted molar refractivity (Wildman–Crippen MR) is 152 cm³/mol. The Bertz CT molecular complexity index is 1330. The van der Waals surface area contributed by atoms with Crippen molar-refractivity contribution in [1.29, 1.82) is 0 Å². The maximum Gasteiger partial charge on any atom is 0.308 e. The lowest BCUT2D eigenvalue weighted by molar-refractivity contribution is -0.152. The van der Waals surface area contributed by atoms with Crippen molar-refractivity contribution in [3.8, 4) is 11.3 Å². The van der Waals surface area contributed by atoms with Gasteiger partial charge in [0.05, 0.1) is 29.5 Å². The topological polar surface area (TPSA) is 117 Å². The van der Waals surface area contributed by atoms with Gasteiger partial charge in [0.2, 0.25) is 0 Å². The summed E-state index contributed by atoms with van der Waals surface area (Å²) in [5, 5.41) is 24.3. The summed E-state index contributed by atoms with van der Waals surface area (Å²) >= 11 is 0. The number of nitrogens with zero attached hydrogens (tertiary/aromatic N) is 3. The van der Waals surface area contributed by atoms with Gasteiger partial charge in [-0.25, -0.2) is 18.7 Å². The third-order valence-electron chi connectivity index (χ3n) is 7.65. The molecule has 3 N–H and O–H groups in total. The lowest BCUT2D eigenvalue weighted by Crippen LogP contribution is -2.37. The summed E-state index contributed by atoms with van der Waals surface area (Å²) in [6, 6.07) is 9.90.